The lowest BCUT2D eigenvalue weighted by molar-refractivity contribution is -0.153. The average molecular weight is 341 g/mol. The molecule has 0 aromatic heterocycles. The van der Waals surface area contributed by atoms with Gasteiger partial charge in [-0.25, -0.2) is 4.79 Å². The summed E-state index contributed by atoms with van der Waals surface area (Å²) in [7, 11) is 2.12. The second-order valence-electron chi connectivity index (χ2n) is 7.52. The fraction of sp³-hybridized carbons (Fsp3) is 0.941. The minimum atomic E-state index is -0.495. The molecule has 3 fully saturated rings. The Morgan fingerprint density at radius 2 is 2.04 bits per heavy atom. The molecule has 0 aromatic carbocycles. The highest BCUT2D eigenvalue weighted by Gasteiger charge is 2.37. The number of morpholine rings is 1. The summed E-state index contributed by atoms with van der Waals surface area (Å²) in [5, 5.41) is 3.07. The summed E-state index contributed by atoms with van der Waals surface area (Å²) < 4.78 is 17.1. The Bertz CT molecular complexity index is 442. The molecule has 3 atom stereocenters. The van der Waals surface area contributed by atoms with Crippen molar-refractivity contribution < 1.29 is 19.0 Å². The molecule has 7 nitrogen and oxygen atoms in total. The van der Waals surface area contributed by atoms with Crippen molar-refractivity contribution in [2.24, 2.45) is 5.92 Å². The summed E-state index contributed by atoms with van der Waals surface area (Å²) in [5.41, 5.74) is 0. The number of likely N-dealkylation sites (N-methyl/N-ethyl adjacent to an activating group) is 1. The van der Waals surface area contributed by atoms with Gasteiger partial charge in [0.05, 0.1) is 32.0 Å². The second-order valence-corrected chi connectivity index (χ2v) is 7.52. The summed E-state index contributed by atoms with van der Waals surface area (Å²) in [6, 6.07) is 0.340. The van der Waals surface area contributed by atoms with Gasteiger partial charge in [0.15, 0.2) is 5.79 Å². The van der Waals surface area contributed by atoms with Gasteiger partial charge in [-0.1, -0.05) is 6.92 Å². The van der Waals surface area contributed by atoms with Crippen LogP contribution in [0.5, 0.6) is 0 Å². The molecule has 2 amide bonds. The molecule has 3 saturated heterocycles. The zero-order valence-electron chi connectivity index (χ0n) is 15.1. The fourth-order valence-electron chi connectivity index (χ4n) is 3.98. The molecule has 0 unspecified atom stereocenters. The Balaban J connectivity index is 1.43. The first-order valence-electron chi connectivity index (χ1n) is 9.09. The molecule has 1 N–H and O–H groups in total. The van der Waals surface area contributed by atoms with E-state index in [4.69, 9.17) is 14.2 Å². The fourth-order valence-corrected chi connectivity index (χ4v) is 3.98. The van der Waals surface area contributed by atoms with E-state index in [9.17, 15) is 4.79 Å². The third kappa shape index (κ3) is 4.20. The molecule has 3 aliphatic rings. The lowest BCUT2D eigenvalue weighted by Gasteiger charge is -2.45. The second kappa shape index (κ2) is 7.56. The Hall–Kier alpha value is -0.890. The Kier molecular flexibility index (Phi) is 5.64. The first-order valence-corrected chi connectivity index (χ1v) is 9.09. The van der Waals surface area contributed by atoms with E-state index in [0.29, 0.717) is 31.7 Å². The van der Waals surface area contributed by atoms with Crippen LogP contribution in [0, 0.1) is 5.92 Å². The topological polar surface area (TPSA) is 63.3 Å². The van der Waals surface area contributed by atoms with Crippen molar-refractivity contribution in [3.05, 3.63) is 0 Å². The number of amides is 2. The molecule has 24 heavy (non-hydrogen) atoms. The monoisotopic (exact) mass is 341 g/mol. The number of nitrogens with one attached hydrogen (secondary N) is 1. The van der Waals surface area contributed by atoms with Gasteiger partial charge in [-0.3, -0.25) is 4.90 Å². The number of hydrogen-bond donors (Lipinski definition) is 1. The maximum absolute atomic E-state index is 12.5. The normalized spacial score (nSPS) is 31.5. The van der Waals surface area contributed by atoms with Crippen molar-refractivity contribution in [1.82, 2.24) is 15.1 Å². The zero-order chi connectivity index (χ0) is 17.2. The van der Waals surface area contributed by atoms with Crippen molar-refractivity contribution in [2.45, 2.75) is 44.6 Å². The number of rotatable bonds is 4. The van der Waals surface area contributed by atoms with Gasteiger partial charge in [0, 0.05) is 32.6 Å². The largest absolute Gasteiger partial charge is 0.375 e. The maximum atomic E-state index is 12.5. The van der Waals surface area contributed by atoms with Crippen LogP contribution in [-0.2, 0) is 14.2 Å². The van der Waals surface area contributed by atoms with Gasteiger partial charge in [-0.05, 0) is 26.3 Å². The minimum Gasteiger partial charge on any atom is -0.375 e. The molecule has 0 spiro atoms. The van der Waals surface area contributed by atoms with Crippen LogP contribution in [0.15, 0.2) is 0 Å². The Morgan fingerprint density at radius 3 is 2.79 bits per heavy atom. The van der Waals surface area contributed by atoms with Gasteiger partial charge in [0.25, 0.3) is 0 Å². The van der Waals surface area contributed by atoms with Crippen LogP contribution in [-0.4, -0.2) is 86.8 Å². The predicted octanol–water partition coefficient (Wildman–Crippen LogP) is 0.890. The third-order valence-electron chi connectivity index (χ3n) is 5.37. The molecule has 0 bridgehead atoms. The van der Waals surface area contributed by atoms with Crippen molar-refractivity contribution in [2.75, 3.05) is 53.0 Å². The molecule has 3 aliphatic heterocycles. The molecule has 3 heterocycles. The van der Waals surface area contributed by atoms with Crippen LogP contribution in [0.1, 0.15) is 26.7 Å². The minimum absolute atomic E-state index is 0.0256. The van der Waals surface area contributed by atoms with Crippen LogP contribution >= 0.6 is 0 Å². The quantitative estimate of drug-likeness (QED) is 0.823. The lowest BCUT2D eigenvalue weighted by atomic mass is 9.99. The highest BCUT2D eigenvalue weighted by Crippen LogP contribution is 2.26. The number of hydrogen-bond acceptors (Lipinski definition) is 5. The molecule has 0 radical (unpaired) electrons. The molecule has 138 valence electrons. The molecule has 7 heteroatoms. The zero-order valence-corrected chi connectivity index (χ0v) is 15.1. The van der Waals surface area contributed by atoms with E-state index in [2.05, 4.69) is 24.2 Å². The standard InChI is InChI=1S/C17H31N3O4/c1-13(10-17(2)23-8-9-24-17)11-18-16(21)20-5-4-15-14(12-20)19(3)6-7-22-15/h13-15H,4-12H2,1-3H3,(H,18,21)/t13-,14+,15+/m0/s1. The number of likely N-dealkylation sites (tertiary alicyclic amines) is 1. The highest BCUT2D eigenvalue weighted by atomic mass is 16.7. The molecule has 0 saturated carbocycles. The summed E-state index contributed by atoms with van der Waals surface area (Å²) in [6.07, 6.45) is 1.97. The van der Waals surface area contributed by atoms with Gasteiger partial charge < -0.3 is 24.4 Å². The summed E-state index contributed by atoms with van der Waals surface area (Å²) in [5.74, 6) is -0.194. The maximum Gasteiger partial charge on any atom is 0.317 e. The number of nitrogens with zero attached hydrogens (tertiary/aromatic N) is 2. The van der Waals surface area contributed by atoms with Crippen molar-refractivity contribution in [3.8, 4) is 0 Å². The number of piperidine rings is 1. The molecule has 3 rings (SSSR count). The molecule has 0 aromatic rings. The van der Waals surface area contributed by atoms with Gasteiger partial charge in [-0.2, -0.15) is 0 Å². The van der Waals surface area contributed by atoms with Crippen LogP contribution in [0.2, 0.25) is 0 Å². The number of urea groups is 1. The van der Waals surface area contributed by atoms with E-state index in [1.807, 2.05) is 11.8 Å². The van der Waals surface area contributed by atoms with E-state index in [0.717, 1.165) is 39.1 Å². The van der Waals surface area contributed by atoms with Crippen LogP contribution in [0.4, 0.5) is 4.79 Å². The predicted molar refractivity (Wildman–Crippen MR) is 89.8 cm³/mol. The summed E-state index contributed by atoms with van der Waals surface area (Å²) in [6.45, 7) is 9.27. The summed E-state index contributed by atoms with van der Waals surface area (Å²) >= 11 is 0. The smallest absolute Gasteiger partial charge is 0.317 e. The first kappa shape index (κ1) is 17.9. The van der Waals surface area contributed by atoms with Gasteiger partial charge in [0.1, 0.15) is 0 Å². The van der Waals surface area contributed by atoms with E-state index in [1.54, 1.807) is 0 Å². The number of ether oxygens (including phenoxy) is 3. The van der Waals surface area contributed by atoms with Crippen LogP contribution in [0.25, 0.3) is 0 Å². The molecular weight excluding hydrogens is 310 g/mol. The number of carbonyl (C=O) groups excluding carboxylic acids is 1. The molecule has 0 aliphatic carbocycles. The third-order valence-corrected chi connectivity index (χ3v) is 5.37. The van der Waals surface area contributed by atoms with Gasteiger partial charge >= 0.3 is 6.03 Å². The Morgan fingerprint density at radius 1 is 1.29 bits per heavy atom. The SMILES string of the molecule is C[C@H](CNC(=O)N1CC[C@H]2OCCN(C)[C@@H]2C1)CC1(C)OCCO1. The molecular formula is C17H31N3O4. The lowest BCUT2D eigenvalue weighted by Crippen LogP contribution is -2.60. The van der Waals surface area contributed by atoms with Crippen LogP contribution in [0.3, 0.4) is 0 Å². The average Bonchev–Trinajstić information content (AvgIpc) is 2.99. The van der Waals surface area contributed by atoms with E-state index < -0.39 is 5.79 Å². The Labute approximate surface area is 144 Å². The van der Waals surface area contributed by atoms with E-state index in [1.165, 1.54) is 0 Å². The van der Waals surface area contributed by atoms with E-state index >= 15 is 0 Å². The van der Waals surface area contributed by atoms with Crippen LogP contribution < -0.4 is 5.32 Å². The van der Waals surface area contributed by atoms with Gasteiger partial charge in [0.2, 0.25) is 0 Å². The van der Waals surface area contributed by atoms with Crippen molar-refractivity contribution >= 4 is 6.03 Å². The van der Waals surface area contributed by atoms with Gasteiger partial charge in [-0.15, -0.1) is 0 Å². The highest BCUT2D eigenvalue weighted by molar-refractivity contribution is 5.74. The van der Waals surface area contributed by atoms with Crippen molar-refractivity contribution in [1.29, 1.82) is 0 Å². The van der Waals surface area contributed by atoms with Crippen molar-refractivity contribution in [3.63, 3.8) is 0 Å². The summed E-state index contributed by atoms with van der Waals surface area (Å²) in [4.78, 5) is 16.7. The first-order chi connectivity index (χ1) is 11.5. The number of carbonyl (C=O) groups is 1. The van der Waals surface area contributed by atoms with E-state index in [-0.39, 0.29) is 12.1 Å². The number of fused-ring (bicyclic) bond motifs is 1.